The first-order chi connectivity index (χ1) is 9.63. The van der Waals surface area contributed by atoms with Gasteiger partial charge in [-0.3, -0.25) is 9.69 Å². The van der Waals surface area contributed by atoms with Crippen LogP contribution in [0.4, 0.5) is 5.82 Å². The second kappa shape index (κ2) is 6.24. The quantitative estimate of drug-likeness (QED) is 0.809. The van der Waals surface area contributed by atoms with Gasteiger partial charge in [-0.15, -0.1) is 12.4 Å². The number of hydrogen-bond donors (Lipinski definition) is 2. The third kappa shape index (κ3) is 3.22. The van der Waals surface area contributed by atoms with Crippen LogP contribution in [0.3, 0.4) is 0 Å². The monoisotopic (exact) mass is 309 g/mol. The Hall–Kier alpha value is -1.92. The van der Waals surface area contributed by atoms with E-state index in [0.717, 1.165) is 36.6 Å². The Balaban J connectivity index is 0.00000161. The zero-order chi connectivity index (χ0) is 14.1. The van der Waals surface area contributed by atoms with E-state index in [9.17, 15) is 9.59 Å². The zero-order valence-corrected chi connectivity index (χ0v) is 12.1. The van der Waals surface area contributed by atoms with Gasteiger partial charge in [0.25, 0.3) is 0 Å². The number of carboxylic acid groups (broad SMARTS) is 1. The molecule has 1 unspecified atom stereocenters. The second-order valence-electron chi connectivity index (χ2n) is 5.07. The minimum absolute atomic E-state index is 0. The molecule has 0 spiro atoms. The van der Waals surface area contributed by atoms with Crippen LogP contribution in [0.1, 0.15) is 24.0 Å². The highest BCUT2D eigenvalue weighted by Crippen LogP contribution is 2.27. The Kier molecular flexibility index (Phi) is 4.59. The number of carbonyl (C=O) groups is 2. The number of rotatable bonds is 2. The number of amides is 1. The molecule has 2 N–H and O–H groups in total. The van der Waals surface area contributed by atoms with Gasteiger partial charge in [0.2, 0.25) is 5.91 Å². The molecule has 1 atom stereocenters. The van der Waals surface area contributed by atoms with Gasteiger partial charge in [0.15, 0.2) is 0 Å². The van der Waals surface area contributed by atoms with E-state index in [1.54, 1.807) is 6.20 Å². The van der Waals surface area contributed by atoms with E-state index in [1.807, 2.05) is 6.07 Å². The molecular formula is C14H16ClN3O3. The predicted octanol–water partition coefficient (Wildman–Crippen LogP) is 1.52. The van der Waals surface area contributed by atoms with Crippen LogP contribution in [0.25, 0.3) is 6.08 Å². The number of nitrogens with one attached hydrogen (secondary N) is 1. The maximum absolute atomic E-state index is 12.1. The van der Waals surface area contributed by atoms with Crippen molar-refractivity contribution in [3.05, 3.63) is 29.5 Å². The lowest BCUT2D eigenvalue weighted by atomic mass is 10.1. The molecule has 0 saturated carbocycles. The van der Waals surface area contributed by atoms with E-state index in [4.69, 9.17) is 5.11 Å². The van der Waals surface area contributed by atoms with Crippen LogP contribution in [0.2, 0.25) is 0 Å². The van der Waals surface area contributed by atoms with Crippen LogP contribution in [-0.4, -0.2) is 39.5 Å². The van der Waals surface area contributed by atoms with Crippen molar-refractivity contribution in [2.45, 2.75) is 25.4 Å². The molecule has 1 amide bonds. The summed E-state index contributed by atoms with van der Waals surface area (Å²) in [6.45, 7) is 1.58. The summed E-state index contributed by atoms with van der Waals surface area (Å²) in [6.07, 6.45) is 6.06. The normalized spacial score (nSPS) is 21.1. The first-order valence-corrected chi connectivity index (χ1v) is 6.58. The lowest BCUT2D eigenvalue weighted by Gasteiger charge is -2.19. The molecule has 1 aromatic heterocycles. The first kappa shape index (κ1) is 15.5. The molecule has 1 aromatic rings. The minimum atomic E-state index is -0.993. The Labute approximate surface area is 128 Å². The molecule has 7 heteroatoms. The molecular weight excluding hydrogens is 294 g/mol. The highest BCUT2D eigenvalue weighted by Gasteiger charge is 2.34. The highest BCUT2D eigenvalue weighted by molar-refractivity contribution is 5.95. The molecule has 0 radical (unpaired) electrons. The van der Waals surface area contributed by atoms with Crippen molar-refractivity contribution in [2.75, 3.05) is 11.9 Å². The van der Waals surface area contributed by atoms with E-state index >= 15 is 0 Å². The largest absolute Gasteiger partial charge is 0.478 e. The molecule has 2 aliphatic rings. The third-order valence-electron chi connectivity index (χ3n) is 3.69. The number of carboxylic acids is 1. The van der Waals surface area contributed by atoms with Gasteiger partial charge in [-0.05, 0) is 37.1 Å². The molecule has 1 fully saturated rings. The minimum Gasteiger partial charge on any atom is -0.478 e. The molecule has 0 aromatic carbocycles. The van der Waals surface area contributed by atoms with E-state index in [1.165, 1.54) is 6.08 Å². The fraction of sp³-hybridized carbons (Fsp3) is 0.357. The van der Waals surface area contributed by atoms with Crippen molar-refractivity contribution >= 4 is 36.2 Å². The number of halogens is 1. The van der Waals surface area contributed by atoms with Gasteiger partial charge >= 0.3 is 5.97 Å². The van der Waals surface area contributed by atoms with E-state index in [2.05, 4.69) is 15.2 Å². The van der Waals surface area contributed by atoms with Gasteiger partial charge in [0.05, 0.1) is 6.04 Å². The van der Waals surface area contributed by atoms with Gasteiger partial charge in [-0.2, -0.15) is 0 Å². The predicted molar refractivity (Wildman–Crippen MR) is 80.2 cm³/mol. The number of aromatic nitrogens is 1. The standard InChI is InChI=1S/C14H15N3O3.ClH/c18-12(19)4-3-9-6-10-8-17-5-1-2-11(17)14(20)16-13(10)15-7-9;/h3-4,6-7,11H,1-2,5,8H2,(H,18,19)(H,15,16,20);1H/b4-3+;. The second-order valence-corrected chi connectivity index (χ2v) is 5.07. The van der Waals surface area contributed by atoms with E-state index < -0.39 is 5.97 Å². The lowest BCUT2D eigenvalue weighted by molar-refractivity contribution is -0.131. The highest BCUT2D eigenvalue weighted by atomic mass is 35.5. The summed E-state index contributed by atoms with van der Waals surface area (Å²) >= 11 is 0. The first-order valence-electron chi connectivity index (χ1n) is 6.58. The molecule has 3 heterocycles. The van der Waals surface area contributed by atoms with Gasteiger partial charge < -0.3 is 10.4 Å². The number of aliphatic carboxylic acids is 1. The smallest absolute Gasteiger partial charge is 0.328 e. The zero-order valence-electron chi connectivity index (χ0n) is 11.3. The Morgan fingerprint density at radius 1 is 1.52 bits per heavy atom. The van der Waals surface area contributed by atoms with Crippen LogP contribution in [0.15, 0.2) is 18.3 Å². The third-order valence-corrected chi connectivity index (χ3v) is 3.69. The van der Waals surface area contributed by atoms with Crippen molar-refractivity contribution in [1.29, 1.82) is 0 Å². The molecule has 112 valence electrons. The number of pyridine rings is 1. The van der Waals surface area contributed by atoms with Crippen LogP contribution >= 0.6 is 12.4 Å². The van der Waals surface area contributed by atoms with Crippen molar-refractivity contribution in [1.82, 2.24) is 9.88 Å². The van der Waals surface area contributed by atoms with Gasteiger partial charge in [-0.1, -0.05) is 0 Å². The molecule has 3 rings (SSSR count). The van der Waals surface area contributed by atoms with Crippen molar-refractivity contribution < 1.29 is 14.7 Å². The van der Waals surface area contributed by atoms with E-state index in [-0.39, 0.29) is 24.4 Å². The summed E-state index contributed by atoms with van der Waals surface area (Å²) in [6, 6.07) is 1.81. The summed E-state index contributed by atoms with van der Waals surface area (Å²) in [7, 11) is 0. The molecule has 6 nitrogen and oxygen atoms in total. The fourth-order valence-electron chi connectivity index (χ4n) is 2.75. The number of hydrogen-bond acceptors (Lipinski definition) is 4. The number of fused-ring (bicyclic) bond motifs is 2. The molecule has 1 saturated heterocycles. The summed E-state index contributed by atoms with van der Waals surface area (Å²) in [5, 5.41) is 11.5. The maximum Gasteiger partial charge on any atom is 0.328 e. The van der Waals surface area contributed by atoms with Gasteiger partial charge in [-0.25, -0.2) is 9.78 Å². The average Bonchev–Trinajstić information content (AvgIpc) is 2.82. The van der Waals surface area contributed by atoms with Crippen molar-refractivity contribution in [3.8, 4) is 0 Å². The molecule has 0 bridgehead atoms. The fourth-order valence-corrected chi connectivity index (χ4v) is 2.75. The number of anilines is 1. The lowest BCUT2D eigenvalue weighted by Crippen LogP contribution is -2.36. The summed E-state index contributed by atoms with van der Waals surface area (Å²) in [4.78, 5) is 29.0. The van der Waals surface area contributed by atoms with Crippen LogP contribution in [0.5, 0.6) is 0 Å². The topological polar surface area (TPSA) is 82.5 Å². The van der Waals surface area contributed by atoms with Crippen LogP contribution in [-0.2, 0) is 16.1 Å². The summed E-state index contributed by atoms with van der Waals surface area (Å²) < 4.78 is 0. The number of nitrogens with zero attached hydrogens (tertiary/aromatic N) is 2. The van der Waals surface area contributed by atoms with Gasteiger partial charge in [0, 0.05) is 24.4 Å². The number of carbonyl (C=O) groups excluding carboxylic acids is 1. The van der Waals surface area contributed by atoms with E-state index in [0.29, 0.717) is 12.4 Å². The summed E-state index contributed by atoms with van der Waals surface area (Å²) in [5.74, 6) is -0.410. The molecule has 0 aliphatic carbocycles. The maximum atomic E-state index is 12.1. The Bertz CT molecular complexity index is 603. The summed E-state index contributed by atoms with van der Waals surface area (Å²) in [5.41, 5.74) is 1.65. The molecule has 2 aliphatic heterocycles. The Morgan fingerprint density at radius 3 is 3.10 bits per heavy atom. The van der Waals surface area contributed by atoms with Gasteiger partial charge in [0.1, 0.15) is 5.82 Å². The Morgan fingerprint density at radius 2 is 2.33 bits per heavy atom. The van der Waals surface area contributed by atoms with Crippen molar-refractivity contribution in [3.63, 3.8) is 0 Å². The SMILES string of the molecule is Cl.O=C(O)/C=C/c1cnc2c(c1)CN1CCCC1C(=O)N2. The van der Waals surface area contributed by atoms with Crippen LogP contribution in [0, 0.1) is 0 Å². The average molecular weight is 310 g/mol. The van der Waals surface area contributed by atoms with Crippen molar-refractivity contribution in [2.24, 2.45) is 0 Å². The molecule has 21 heavy (non-hydrogen) atoms. The van der Waals surface area contributed by atoms with Crippen LogP contribution < -0.4 is 5.32 Å².